The van der Waals surface area contributed by atoms with Gasteiger partial charge in [0.25, 0.3) is 0 Å². The summed E-state index contributed by atoms with van der Waals surface area (Å²) in [4.78, 5) is 27.7. The van der Waals surface area contributed by atoms with Crippen LogP contribution in [0.25, 0.3) is 11.3 Å². The van der Waals surface area contributed by atoms with Gasteiger partial charge in [0.2, 0.25) is 0 Å². The molecular formula is C20H21N5O2. The van der Waals surface area contributed by atoms with E-state index in [0.29, 0.717) is 26.2 Å². The van der Waals surface area contributed by atoms with Crippen molar-refractivity contribution in [2.75, 3.05) is 31.2 Å². The number of pyridine rings is 2. The van der Waals surface area contributed by atoms with Crippen molar-refractivity contribution in [2.24, 2.45) is 0 Å². The Bertz CT molecular complexity index is 886. The SMILES string of the molecule is O=C(Cc1ccc(-c2ccccn2)cn1)Cn1cnc(N2CCOCC2)c1. The van der Waals surface area contributed by atoms with Crippen LogP contribution >= 0.6 is 0 Å². The largest absolute Gasteiger partial charge is 0.378 e. The number of morpholine rings is 1. The molecule has 1 aliphatic heterocycles. The molecule has 1 aliphatic rings. The molecule has 0 bridgehead atoms. The van der Waals surface area contributed by atoms with E-state index in [2.05, 4.69) is 19.9 Å². The molecule has 0 N–H and O–H groups in total. The number of nitrogens with zero attached hydrogens (tertiary/aromatic N) is 5. The van der Waals surface area contributed by atoms with Crippen LogP contribution in [0.5, 0.6) is 0 Å². The normalized spacial score (nSPS) is 14.3. The van der Waals surface area contributed by atoms with Crippen molar-refractivity contribution in [2.45, 2.75) is 13.0 Å². The highest BCUT2D eigenvalue weighted by Crippen LogP contribution is 2.16. The standard InChI is InChI=1S/C20H21N5O2/c26-18(13-24-14-20(23-15-24)25-7-9-27-10-8-25)11-17-5-4-16(12-22-17)19-3-1-2-6-21-19/h1-6,12,14-15H,7-11,13H2. The molecule has 0 aliphatic carbocycles. The summed E-state index contributed by atoms with van der Waals surface area (Å²) in [5.74, 6) is 0.989. The lowest BCUT2D eigenvalue weighted by Crippen LogP contribution is -2.36. The fraction of sp³-hybridized carbons (Fsp3) is 0.300. The number of imidazole rings is 1. The molecule has 0 aromatic carbocycles. The second-order valence-electron chi connectivity index (χ2n) is 6.47. The van der Waals surface area contributed by atoms with Gasteiger partial charge in [0.05, 0.1) is 38.2 Å². The first kappa shape index (κ1) is 17.4. The third-order valence-corrected chi connectivity index (χ3v) is 4.48. The van der Waals surface area contributed by atoms with Crippen LogP contribution in [0.1, 0.15) is 5.69 Å². The molecule has 1 fully saturated rings. The number of rotatable bonds is 6. The lowest BCUT2D eigenvalue weighted by atomic mass is 10.1. The molecule has 7 nitrogen and oxygen atoms in total. The fourth-order valence-electron chi connectivity index (χ4n) is 3.07. The molecular weight excluding hydrogens is 342 g/mol. The van der Waals surface area contributed by atoms with Crippen molar-refractivity contribution >= 4 is 11.6 Å². The predicted molar refractivity (Wildman–Crippen MR) is 101 cm³/mol. The van der Waals surface area contributed by atoms with Gasteiger partial charge < -0.3 is 14.2 Å². The lowest BCUT2D eigenvalue weighted by molar-refractivity contribution is -0.119. The maximum Gasteiger partial charge on any atom is 0.158 e. The molecule has 4 heterocycles. The Morgan fingerprint density at radius 2 is 1.96 bits per heavy atom. The summed E-state index contributed by atoms with van der Waals surface area (Å²) >= 11 is 0. The molecule has 4 rings (SSSR count). The van der Waals surface area contributed by atoms with E-state index in [-0.39, 0.29) is 5.78 Å². The van der Waals surface area contributed by atoms with E-state index in [4.69, 9.17) is 4.74 Å². The Kier molecular flexibility index (Phi) is 5.20. The number of hydrogen-bond donors (Lipinski definition) is 0. The summed E-state index contributed by atoms with van der Waals surface area (Å²) in [5.41, 5.74) is 2.57. The molecule has 0 atom stereocenters. The average molecular weight is 363 g/mol. The van der Waals surface area contributed by atoms with Crippen LogP contribution in [0.15, 0.2) is 55.2 Å². The Hall–Kier alpha value is -3.06. The van der Waals surface area contributed by atoms with Crippen LogP contribution in [0.2, 0.25) is 0 Å². The van der Waals surface area contributed by atoms with Gasteiger partial charge in [0.15, 0.2) is 5.78 Å². The number of carbonyl (C=O) groups is 1. The van der Waals surface area contributed by atoms with E-state index in [1.807, 2.05) is 41.1 Å². The van der Waals surface area contributed by atoms with Gasteiger partial charge in [-0.05, 0) is 24.3 Å². The number of carbonyl (C=O) groups excluding carboxylic acids is 1. The van der Waals surface area contributed by atoms with Gasteiger partial charge in [-0.3, -0.25) is 14.8 Å². The van der Waals surface area contributed by atoms with Crippen molar-refractivity contribution in [1.29, 1.82) is 0 Å². The van der Waals surface area contributed by atoms with E-state index in [0.717, 1.165) is 35.9 Å². The summed E-state index contributed by atoms with van der Waals surface area (Å²) in [6.45, 7) is 3.38. The van der Waals surface area contributed by atoms with Crippen molar-refractivity contribution in [3.8, 4) is 11.3 Å². The number of ketones is 1. The first-order valence-corrected chi connectivity index (χ1v) is 9.00. The second kappa shape index (κ2) is 8.09. The zero-order valence-corrected chi connectivity index (χ0v) is 15.0. The first-order chi connectivity index (χ1) is 13.3. The van der Waals surface area contributed by atoms with Crippen LogP contribution in [-0.2, 0) is 22.5 Å². The molecule has 1 saturated heterocycles. The summed E-state index contributed by atoms with van der Waals surface area (Å²) < 4.78 is 7.18. The topological polar surface area (TPSA) is 73.1 Å². The van der Waals surface area contributed by atoms with Gasteiger partial charge >= 0.3 is 0 Å². The quantitative estimate of drug-likeness (QED) is 0.667. The number of anilines is 1. The third-order valence-electron chi connectivity index (χ3n) is 4.48. The lowest BCUT2D eigenvalue weighted by Gasteiger charge is -2.26. The van der Waals surface area contributed by atoms with Crippen LogP contribution in [-0.4, -0.2) is 51.6 Å². The number of Topliss-reactive ketones (excluding diaryl/α,β-unsaturated/α-hetero) is 1. The number of aromatic nitrogens is 4. The Morgan fingerprint density at radius 1 is 1.07 bits per heavy atom. The zero-order valence-electron chi connectivity index (χ0n) is 15.0. The zero-order chi connectivity index (χ0) is 18.5. The fourth-order valence-corrected chi connectivity index (χ4v) is 3.07. The Morgan fingerprint density at radius 3 is 2.70 bits per heavy atom. The molecule has 0 unspecified atom stereocenters. The third kappa shape index (κ3) is 4.38. The van der Waals surface area contributed by atoms with Gasteiger partial charge in [-0.25, -0.2) is 4.98 Å². The summed E-state index contributed by atoms with van der Waals surface area (Å²) in [6.07, 6.45) is 7.44. The minimum Gasteiger partial charge on any atom is -0.378 e. The molecule has 0 amide bonds. The Labute approximate surface area is 157 Å². The van der Waals surface area contributed by atoms with Crippen LogP contribution < -0.4 is 4.90 Å². The molecule has 0 saturated carbocycles. The summed E-state index contributed by atoms with van der Waals surface area (Å²) in [5, 5.41) is 0. The van der Waals surface area contributed by atoms with Crippen molar-refractivity contribution < 1.29 is 9.53 Å². The second-order valence-corrected chi connectivity index (χ2v) is 6.47. The van der Waals surface area contributed by atoms with E-state index >= 15 is 0 Å². The van der Waals surface area contributed by atoms with Crippen LogP contribution in [0.4, 0.5) is 5.82 Å². The molecule has 0 spiro atoms. The van der Waals surface area contributed by atoms with E-state index in [1.54, 1.807) is 18.7 Å². The molecule has 3 aromatic heterocycles. The predicted octanol–water partition coefficient (Wildman–Crippen LogP) is 1.99. The summed E-state index contributed by atoms with van der Waals surface area (Å²) in [7, 11) is 0. The van der Waals surface area contributed by atoms with Gasteiger partial charge in [0.1, 0.15) is 5.82 Å². The smallest absolute Gasteiger partial charge is 0.158 e. The highest BCUT2D eigenvalue weighted by molar-refractivity contribution is 5.80. The van der Waals surface area contributed by atoms with E-state index < -0.39 is 0 Å². The average Bonchev–Trinajstić information content (AvgIpc) is 3.18. The molecule has 0 radical (unpaired) electrons. The van der Waals surface area contributed by atoms with Gasteiger partial charge in [0, 0.05) is 42.9 Å². The molecule has 27 heavy (non-hydrogen) atoms. The maximum atomic E-state index is 12.4. The number of ether oxygens (including phenoxy) is 1. The monoisotopic (exact) mass is 363 g/mol. The first-order valence-electron chi connectivity index (χ1n) is 9.00. The maximum absolute atomic E-state index is 12.4. The van der Waals surface area contributed by atoms with Crippen molar-refractivity contribution in [1.82, 2.24) is 19.5 Å². The minimum atomic E-state index is 0.0963. The Balaban J connectivity index is 1.35. The van der Waals surface area contributed by atoms with Crippen LogP contribution in [0.3, 0.4) is 0 Å². The van der Waals surface area contributed by atoms with Crippen LogP contribution in [0, 0.1) is 0 Å². The van der Waals surface area contributed by atoms with Crippen molar-refractivity contribution in [3.63, 3.8) is 0 Å². The van der Waals surface area contributed by atoms with Gasteiger partial charge in [-0.15, -0.1) is 0 Å². The van der Waals surface area contributed by atoms with Crippen molar-refractivity contribution in [3.05, 3.63) is 60.9 Å². The summed E-state index contributed by atoms with van der Waals surface area (Å²) in [6, 6.07) is 9.59. The van der Waals surface area contributed by atoms with E-state index in [9.17, 15) is 4.79 Å². The molecule has 7 heteroatoms. The van der Waals surface area contributed by atoms with Gasteiger partial charge in [-0.1, -0.05) is 6.07 Å². The molecule has 138 valence electrons. The van der Waals surface area contributed by atoms with E-state index in [1.165, 1.54) is 0 Å². The highest BCUT2D eigenvalue weighted by atomic mass is 16.5. The number of hydrogen-bond acceptors (Lipinski definition) is 6. The highest BCUT2D eigenvalue weighted by Gasteiger charge is 2.14. The molecule has 3 aromatic rings. The minimum absolute atomic E-state index is 0.0963. The van der Waals surface area contributed by atoms with Gasteiger partial charge in [-0.2, -0.15) is 0 Å².